The molecule has 2 aliphatic heterocycles. The number of allylic oxidation sites excluding steroid dienone is 1. The predicted octanol–water partition coefficient (Wildman–Crippen LogP) is 4.30. The summed E-state index contributed by atoms with van der Waals surface area (Å²) in [7, 11) is 1.66. The summed E-state index contributed by atoms with van der Waals surface area (Å²) in [5.74, 6) is 2.91. The Labute approximate surface area is 174 Å². The lowest BCUT2D eigenvalue weighted by Gasteiger charge is -2.29. The van der Waals surface area contributed by atoms with Crippen LogP contribution in [0.25, 0.3) is 6.08 Å². The Morgan fingerprint density at radius 3 is 2.77 bits per heavy atom. The van der Waals surface area contributed by atoms with Crippen molar-refractivity contribution in [1.82, 2.24) is 4.90 Å². The van der Waals surface area contributed by atoms with Gasteiger partial charge in [0.15, 0.2) is 5.76 Å². The minimum atomic E-state index is -0.139. The highest BCUT2D eigenvalue weighted by molar-refractivity contribution is 6.14. The lowest BCUT2D eigenvalue weighted by atomic mass is 10.0. The van der Waals surface area contributed by atoms with Gasteiger partial charge in [-0.1, -0.05) is 12.1 Å². The van der Waals surface area contributed by atoms with Gasteiger partial charge in [0.25, 0.3) is 0 Å². The summed E-state index contributed by atoms with van der Waals surface area (Å²) in [5.41, 5.74) is 2.70. The molecule has 0 unspecified atom stereocenters. The molecule has 0 aliphatic carbocycles. The van der Waals surface area contributed by atoms with E-state index < -0.39 is 0 Å². The van der Waals surface area contributed by atoms with Crippen LogP contribution < -0.4 is 14.2 Å². The van der Waals surface area contributed by atoms with Crippen molar-refractivity contribution in [2.24, 2.45) is 0 Å². The molecular formula is C24H21NO5. The molecule has 3 aromatic rings. The van der Waals surface area contributed by atoms with E-state index in [1.807, 2.05) is 18.2 Å². The van der Waals surface area contributed by atoms with E-state index in [0.717, 1.165) is 30.0 Å². The standard InChI is InChI=1S/C24H21NO5/c1-27-17-6-4-16(5-7-17)10-11-25-14-20-21(29-15-25)9-8-19-23(26)22(30-24(19)20)13-18-3-2-12-28-18/h2-9,12-13H,10-11,14-15H2,1H3/b22-13-. The number of methoxy groups -OCH3 is 1. The van der Waals surface area contributed by atoms with Gasteiger partial charge in [-0.2, -0.15) is 0 Å². The van der Waals surface area contributed by atoms with Crippen molar-refractivity contribution in [3.63, 3.8) is 0 Å². The highest BCUT2D eigenvalue weighted by atomic mass is 16.5. The Kier molecular flexibility index (Phi) is 4.77. The van der Waals surface area contributed by atoms with Crippen molar-refractivity contribution >= 4 is 11.9 Å². The molecule has 2 aliphatic rings. The lowest BCUT2D eigenvalue weighted by molar-refractivity contribution is 0.0949. The number of nitrogens with zero attached hydrogens (tertiary/aromatic N) is 1. The van der Waals surface area contributed by atoms with Crippen LogP contribution in [0.2, 0.25) is 0 Å². The van der Waals surface area contributed by atoms with E-state index in [2.05, 4.69) is 17.0 Å². The van der Waals surface area contributed by atoms with Gasteiger partial charge in [0.1, 0.15) is 29.7 Å². The van der Waals surface area contributed by atoms with Gasteiger partial charge in [-0.3, -0.25) is 9.69 Å². The van der Waals surface area contributed by atoms with Crippen molar-refractivity contribution in [3.8, 4) is 17.2 Å². The van der Waals surface area contributed by atoms with Gasteiger partial charge in [-0.25, -0.2) is 0 Å². The fraction of sp³-hybridized carbons (Fsp3) is 0.208. The second-order valence-corrected chi connectivity index (χ2v) is 7.30. The average Bonchev–Trinajstić information content (AvgIpc) is 3.41. The molecule has 6 heteroatoms. The molecule has 0 atom stereocenters. The van der Waals surface area contributed by atoms with Gasteiger partial charge in [-0.15, -0.1) is 0 Å². The zero-order valence-electron chi connectivity index (χ0n) is 16.6. The van der Waals surface area contributed by atoms with E-state index >= 15 is 0 Å². The topological polar surface area (TPSA) is 61.1 Å². The summed E-state index contributed by atoms with van der Waals surface area (Å²) in [5, 5.41) is 0. The van der Waals surface area contributed by atoms with E-state index in [1.54, 1.807) is 37.6 Å². The first-order chi connectivity index (χ1) is 14.7. The number of rotatable bonds is 5. The average molecular weight is 403 g/mol. The summed E-state index contributed by atoms with van der Waals surface area (Å²) >= 11 is 0. The summed E-state index contributed by atoms with van der Waals surface area (Å²) < 4.78 is 22.4. The quantitative estimate of drug-likeness (QED) is 0.592. The third kappa shape index (κ3) is 3.46. The first kappa shape index (κ1) is 18.5. The molecule has 0 N–H and O–H groups in total. The third-order valence-corrected chi connectivity index (χ3v) is 5.37. The van der Waals surface area contributed by atoms with Crippen LogP contribution in [0.5, 0.6) is 17.2 Å². The zero-order chi connectivity index (χ0) is 20.5. The third-order valence-electron chi connectivity index (χ3n) is 5.37. The summed E-state index contributed by atoms with van der Waals surface area (Å²) in [6, 6.07) is 15.3. The number of hydrogen-bond acceptors (Lipinski definition) is 6. The number of carbonyl (C=O) groups is 1. The maximum Gasteiger partial charge on any atom is 0.232 e. The van der Waals surface area contributed by atoms with Crippen molar-refractivity contribution in [2.75, 3.05) is 20.4 Å². The number of Topliss-reactive ketones (excluding diaryl/α,β-unsaturated/α-hetero) is 1. The Morgan fingerprint density at radius 1 is 1.13 bits per heavy atom. The molecule has 152 valence electrons. The molecule has 0 bridgehead atoms. The molecule has 0 saturated carbocycles. The van der Waals surface area contributed by atoms with Crippen molar-refractivity contribution in [3.05, 3.63) is 83.0 Å². The van der Waals surface area contributed by atoms with Crippen LogP contribution in [0, 0.1) is 0 Å². The molecule has 1 aromatic heterocycles. The van der Waals surface area contributed by atoms with Crippen molar-refractivity contribution in [2.45, 2.75) is 13.0 Å². The van der Waals surface area contributed by atoms with E-state index in [9.17, 15) is 4.79 Å². The molecule has 0 amide bonds. The van der Waals surface area contributed by atoms with E-state index in [0.29, 0.717) is 30.3 Å². The van der Waals surface area contributed by atoms with Crippen LogP contribution in [-0.4, -0.2) is 31.1 Å². The molecule has 0 spiro atoms. The van der Waals surface area contributed by atoms with Crippen LogP contribution in [-0.2, 0) is 13.0 Å². The van der Waals surface area contributed by atoms with E-state index in [4.69, 9.17) is 18.6 Å². The van der Waals surface area contributed by atoms with Crippen LogP contribution in [0.1, 0.15) is 27.2 Å². The van der Waals surface area contributed by atoms with Gasteiger partial charge in [0.05, 0.1) is 24.5 Å². The molecule has 0 radical (unpaired) electrons. The van der Waals surface area contributed by atoms with E-state index in [1.165, 1.54) is 5.56 Å². The van der Waals surface area contributed by atoms with Crippen molar-refractivity contribution < 1.29 is 23.4 Å². The van der Waals surface area contributed by atoms with Crippen LogP contribution in [0.15, 0.2) is 65.0 Å². The van der Waals surface area contributed by atoms with Crippen LogP contribution >= 0.6 is 0 Å². The zero-order valence-corrected chi connectivity index (χ0v) is 16.6. The lowest BCUT2D eigenvalue weighted by Crippen LogP contribution is -2.33. The first-order valence-corrected chi connectivity index (χ1v) is 9.83. The highest BCUT2D eigenvalue weighted by Gasteiger charge is 2.33. The molecule has 3 heterocycles. The number of carbonyl (C=O) groups excluding carboxylic acids is 1. The Bertz CT molecular complexity index is 1100. The minimum absolute atomic E-state index is 0.139. The smallest absolute Gasteiger partial charge is 0.232 e. The summed E-state index contributed by atoms with van der Waals surface area (Å²) in [6.07, 6.45) is 4.08. The maximum atomic E-state index is 12.8. The van der Waals surface area contributed by atoms with Gasteiger partial charge in [0.2, 0.25) is 5.78 Å². The number of ketones is 1. The Balaban J connectivity index is 1.33. The Hall–Kier alpha value is -3.51. The Morgan fingerprint density at radius 2 is 2.00 bits per heavy atom. The number of benzene rings is 2. The molecule has 0 saturated heterocycles. The fourth-order valence-electron chi connectivity index (χ4n) is 3.73. The molecule has 6 nitrogen and oxygen atoms in total. The second kappa shape index (κ2) is 7.72. The highest BCUT2D eigenvalue weighted by Crippen LogP contribution is 2.42. The van der Waals surface area contributed by atoms with Crippen LogP contribution in [0.4, 0.5) is 0 Å². The van der Waals surface area contributed by atoms with Gasteiger partial charge < -0.3 is 18.6 Å². The number of furan rings is 1. The van der Waals surface area contributed by atoms with Gasteiger partial charge in [-0.05, 0) is 48.4 Å². The maximum absolute atomic E-state index is 12.8. The molecule has 0 fully saturated rings. The monoisotopic (exact) mass is 403 g/mol. The fourth-order valence-corrected chi connectivity index (χ4v) is 3.73. The second-order valence-electron chi connectivity index (χ2n) is 7.30. The normalized spacial score (nSPS) is 16.7. The van der Waals surface area contributed by atoms with Gasteiger partial charge >= 0.3 is 0 Å². The number of ether oxygens (including phenoxy) is 3. The first-order valence-electron chi connectivity index (χ1n) is 9.83. The number of hydrogen-bond donors (Lipinski definition) is 0. The molecule has 30 heavy (non-hydrogen) atoms. The molecular weight excluding hydrogens is 382 g/mol. The number of fused-ring (bicyclic) bond motifs is 3. The molecule has 2 aromatic carbocycles. The largest absolute Gasteiger partial charge is 0.497 e. The molecule has 5 rings (SSSR count). The SMILES string of the molecule is COc1ccc(CCN2COc3ccc4c(c3C2)O/C(=C\c2ccco2)C4=O)cc1. The van der Waals surface area contributed by atoms with Crippen molar-refractivity contribution in [1.29, 1.82) is 0 Å². The summed E-state index contributed by atoms with van der Waals surface area (Å²) in [4.78, 5) is 15.0. The summed E-state index contributed by atoms with van der Waals surface area (Å²) in [6.45, 7) is 2.00. The minimum Gasteiger partial charge on any atom is -0.497 e. The van der Waals surface area contributed by atoms with E-state index in [-0.39, 0.29) is 11.5 Å². The predicted molar refractivity (Wildman–Crippen MR) is 111 cm³/mol. The van der Waals surface area contributed by atoms with Gasteiger partial charge in [0, 0.05) is 19.2 Å². The van der Waals surface area contributed by atoms with Crippen LogP contribution in [0.3, 0.4) is 0 Å².